The third-order valence-corrected chi connectivity index (χ3v) is 3.77. The average Bonchev–Trinajstić information content (AvgIpc) is 2.47. The lowest BCUT2D eigenvalue weighted by Gasteiger charge is -2.10. The normalized spacial score (nSPS) is 10.6. The van der Waals surface area contributed by atoms with Crippen LogP contribution in [0.4, 0.5) is 5.69 Å². The van der Waals surface area contributed by atoms with Crippen LogP contribution in [0, 0.1) is 6.92 Å². The maximum absolute atomic E-state index is 12.4. The zero-order chi connectivity index (χ0) is 14.8. The Morgan fingerprint density at radius 3 is 2.76 bits per heavy atom. The van der Waals surface area contributed by atoms with Crippen LogP contribution in [0.1, 0.15) is 15.9 Å². The third kappa shape index (κ3) is 2.81. The van der Waals surface area contributed by atoms with Gasteiger partial charge in [0.1, 0.15) is 0 Å². The quantitative estimate of drug-likeness (QED) is 0.743. The number of rotatable bonds is 2. The van der Waals surface area contributed by atoms with Crippen molar-refractivity contribution in [3.05, 3.63) is 70.3 Å². The fraction of sp³-hybridized carbons (Fsp3) is 0.0588. The molecule has 0 bridgehead atoms. The summed E-state index contributed by atoms with van der Waals surface area (Å²) >= 11 is 3.46. The second-order valence-corrected chi connectivity index (χ2v) is 5.71. The number of aryl methyl sites for hydroxylation is 1. The highest BCUT2D eigenvalue weighted by molar-refractivity contribution is 9.10. The maximum atomic E-state index is 12.4. The summed E-state index contributed by atoms with van der Waals surface area (Å²) in [5, 5.41) is 3.93. The van der Waals surface area contributed by atoms with E-state index in [0.29, 0.717) is 11.3 Å². The summed E-state index contributed by atoms with van der Waals surface area (Å²) in [6.45, 7) is 1.92. The highest BCUT2D eigenvalue weighted by atomic mass is 79.9. The number of pyridine rings is 1. The van der Waals surface area contributed by atoms with Gasteiger partial charge in [0.05, 0.1) is 11.2 Å². The van der Waals surface area contributed by atoms with Gasteiger partial charge in [-0.1, -0.05) is 40.2 Å². The van der Waals surface area contributed by atoms with E-state index in [4.69, 9.17) is 0 Å². The van der Waals surface area contributed by atoms with E-state index >= 15 is 0 Å². The van der Waals surface area contributed by atoms with Gasteiger partial charge in [0.15, 0.2) is 0 Å². The molecule has 3 nitrogen and oxygen atoms in total. The monoisotopic (exact) mass is 340 g/mol. The number of carbonyl (C=O) groups excluding carboxylic acids is 1. The van der Waals surface area contributed by atoms with E-state index < -0.39 is 0 Å². The summed E-state index contributed by atoms with van der Waals surface area (Å²) in [4.78, 5) is 16.8. The topological polar surface area (TPSA) is 42.0 Å². The summed E-state index contributed by atoms with van der Waals surface area (Å²) in [5.41, 5.74) is 3.10. The highest BCUT2D eigenvalue weighted by Gasteiger charge is 2.11. The molecule has 0 aliphatic carbocycles. The molecule has 0 unspecified atom stereocenters. The summed E-state index contributed by atoms with van der Waals surface area (Å²) in [7, 11) is 0. The van der Waals surface area contributed by atoms with Crippen molar-refractivity contribution in [1.82, 2.24) is 4.98 Å². The van der Waals surface area contributed by atoms with Gasteiger partial charge in [-0.05, 0) is 36.8 Å². The summed E-state index contributed by atoms with van der Waals surface area (Å²) in [5.74, 6) is -0.127. The van der Waals surface area contributed by atoms with Crippen LogP contribution in [0.3, 0.4) is 0 Å². The lowest BCUT2D eigenvalue weighted by atomic mass is 10.1. The Morgan fingerprint density at radius 1 is 1.14 bits per heavy atom. The smallest absolute Gasteiger partial charge is 0.255 e. The molecule has 1 amide bonds. The molecule has 3 aromatic rings. The molecule has 1 aromatic heterocycles. The lowest BCUT2D eigenvalue weighted by molar-refractivity contribution is 0.102. The van der Waals surface area contributed by atoms with Crippen LogP contribution in [-0.4, -0.2) is 10.9 Å². The van der Waals surface area contributed by atoms with Crippen molar-refractivity contribution in [2.45, 2.75) is 6.92 Å². The Bertz CT molecular complexity index is 830. The number of nitrogens with one attached hydrogen (secondary N) is 1. The second kappa shape index (κ2) is 5.66. The Balaban J connectivity index is 2.02. The minimum atomic E-state index is -0.127. The van der Waals surface area contributed by atoms with Crippen molar-refractivity contribution in [2.24, 2.45) is 0 Å². The summed E-state index contributed by atoms with van der Waals surface area (Å²) < 4.78 is 0.906. The number of hydrogen-bond acceptors (Lipinski definition) is 2. The molecule has 0 saturated heterocycles. The van der Waals surface area contributed by atoms with Crippen LogP contribution < -0.4 is 5.32 Å². The van der Waals surface area contributed by atoms with Gasteiger partial charge in [-0.25, -0.2) is 0 Å². The maximum Gasteiger partial charge on any atom is 0.255 e. The first-order valence-corrected chi connectivity index (χ1v) is 7.36. The molecule has 0 saturated carbocycles. The molecule has 21 heavy (non-hydrogen) atoms. The molecule has 0 radical (unpaired) electrons. The zero-order valence-corrected chi connectivity index (χ0v) is 13.0. The molecule has 0 atom stereocenters. The van der Waals surface area contributed by atoms with Crippen LogP contribution in [0.25, 0.3) is 10.9 Å². The number of halogens is 1. The van der Waals surface area contributed by atoms with Gasteiger partial charge in [-0.2, -0.15) is 0 Å². The van der Waals surface area contributed by atoms with E-state index in [0.717, 1.165) is 20.9 Å². The van der Waals surface area contributed by atoms with Gasteiger partial charge in [0.25, 0.3) is 5.91 Å². The number of anilines is 1. The van der Waals surface area contributed by atoms with Crippen LogP contribution in [0.15, 0.2) is 59.2 Å². The van der Waals surface area contributed by atoms with E-state index in [2.05, 4.69) is 26.2 Å². The molecule has 1 heterocycles. The Morgan fingerprint density at radius 2 is 1.95 bits per heavy atom. The summed E-state index contributed by atoms with van der Waals surface area (Å²) in [6.07, 6.45) is 1.72. The first kappa shape index (κ1) is 13.8. The zero-order valence-electron chi connectivity index (χ0n) is 11.4. The van der Waals surface area contributed by atoms with Crippen LogP contribution in [0.2, 0.25) is 0 Å². The van der Waals surface area contributed by atoms with Crippen molar-refractivity contribution in [3.63, 3.8) is 0 Å². The standard InChI is InChI=1S/C17H13BrN2O/c1-11-5-2-3-7-14(11)17(21)20-15-10-13(18)9-12-6-4-8-19-16(12)15/h2-10H,1H3,(H,20,21). The van der Waals surface area contributed by atoms with Crippen LogP contribution in [0.5, 0.6) is 0 Å². The number of nitrogens with zero attached hydrogens (tertiary/aromatic N) is 1. The van der Waals surface area contributed by atoms with Gasteiger partial charge < -0.3 is 5.32 Å². The number of carbonyl (C=O) groups is 1. The van der Waals surface area contributed by atoms with Crippen molar-refractivity contribution < 1.29 is 4.79 Å². The molecular weight excluding hydrogens is 328 g/mol. The molecule has 1 N–H and O–H groups in total. The van der Waals surface area contributed by atoms with Crippen LogP contribution >= 0.6 is 15.9 Å². The van der Waals surface area contributed by atoms with E-state index in [1.54, 1.807) is 6.20 Å². The first-order valence-electron chi connectivity index (χ1n) is 6.56. The Hall–Kier alpha value is -2.20. The van der Waals surface area contributed by atoms with Gasteiger partial charge in [0.2, 0.25) is 0 Å². The Kier molecular flexibility index (Phi) is 3.71. The average molecular weight is 341 g/mol. The molecule has 0 aliphatic rings. The minimum Gasteiger partial charge on any atom is -0.320 e. The molecule has 0 aliphatic heterocycles. The third-order valence-electron chi connectivity index (χ3n) is 3.31. The summed E-state index contributed by atoms with van der Waals surface area (Å²) in [6, 6.07) is 15.2. The molecule has 0 fully saturated rings. The van der Waals surface area contributed by atoms with Gasteiger partial charge in [-0.15, -0.1) is 0 Å². The van der Waals surface area contributed by atoms with Crippen LogP contribution in [-0.2, 0) is 0 Å². The van der Waals surface area contributed by atoms with Gasteiger partial charge in [-0.3, -0.25) is 9.78 Å². The number of aromatic nitrogens is 1. The fourth-order valence-electron chi connectivity index (χ4n) is 2.27. The lowest BCUT2D eigenvalue weighted by Crippen LogP contribution is -2.13. The predicted molar refractivity (Wildman–Crippen MR) is 88.6 cm³/mol. The SMILES string of the molecule is Cc1ccccc1C(=O)Nc1cc(Br)cc2cccnc12. The van der Waals surface area contributed by atoms with Crippen molar-refractivity contribution in [3.8, 4) is 0 Å². The van der Waals surface area contributed by atoms with Crippen molar-refractivity contribution in [1.29, 1.82) is 0 Å². The fourth-order valence-corrected chi connectivity index (χ4v) is 2.74. The first-order chi connectivity index (χ1) is 10.1. The van der Waals surface area contributed by atoms with Crippen molar-refractivity contribution >= 4 is 38.4 Å². The number of benzene rings is 2. The number of amides is 1. The van der Waals surface area contributed by atoms with E-state index in [1.807, 2.05) is 55.5 Å². The van der Waals surface area contributed by atoms with Gasteiger partial charge in [0, 0.05) is 21.6 Å². The number of hydrogen-bond donors (Lipinski definition) is 1. The van der Waals surface area contributed by atoms with Gasteiger partial charge >= 0.3 is 0 Å². The molecule has 3 rings (SSSR count). The van der Waals surface area contributed by atoms with E-state index in [1.165, 1.54) is 0 Å². The van der Waals surface area contributed by atoms with E-state index in [9.17, 15) is 4.79 Å². The minimum absolute atomic E-state index is 0.127. The molecule has 104 valence electrons. The molecule has 0 spiro atoms. The second-order valence-electron chi connectivity index (χ2n) is 4.80. The van der Waals surface area contributed by atoms with E-state index in [-0.39, 0.29) is 5.91 Å². The molecule has 2 aromatic carbocycles. The molecular formula is C17H13BrN2O. The predicted octanol–water partition coefficient (Wildman–Crippen LogP) is 4.56. The molecule has 4 heteroatoms. The highest BCUT2D eigenvalue weighted by Crippen LogP contribution is 2.27. The largest absolute Gasteiger partial charge is 0.320 e. The Labute approximate surface area is 131 Å². The number of fused-ring (bicyclic) bond motifs is 1. The van der Waals surface area contributed by atoms with Crippen molar-refractivity contribution in [2.75, 3.05) is 5.32 Å².